The zero-order valence-electron chi connectivity index (χ0n) is 10.8. The molecule has 19 heavy (non-hydrogen) atoms. The fraction of sp³-hybridized carbons (Fsp3) is 0.462. The third-order valence-corrected chi connectivity index (χ3v) is 3.33. The van der Waals surface area contributed by atoms with Gasteiger partial charge >= 0.3 is 0 Å². The summed E-state index contributed by atoms with van der Waals surface area (Å²) in [4.78, 5) is 8.77. The van der Waals surface area contributed by atoms with Crippen LogP contribution in [0.25, 0.3) is 0 Å². The van der Waals surface area contributed by atoms with Crippen LogP contribution in [0.4, 0.5) is 5.82 Å². The highest BCUT2D eigenvalue weighted by Crippen LogP contribution is 2.38. The monoisotopic (exact) mass is 277 g/mol. The number of nitrogens with one attached hydrogen (secondary N) is 1. The first kappa shape index (κ1) is 12.4. The summed E-state index contributed by atoms with van der Waals surface area (Å²) in [6.07, 6.45) is 7.16. The number of hydrogen-bond donors (Lipinski definition) is 1. The smallest absolute Gasteiger partial charge is 0.135 e. The number of aromatic nitrogens is 4. The van der Waals surface area contributed by atoms with E-state index in [2.05, 4.69) is 20.4 Å². The number of aryl methyl sites for hydroxylation is 1. The average Bonchev–Trinajstić information content (AvgIpc) is 3.13. The highest BCUT2D eigenvalue weighted by Gasteiger charge is 2.27. The molecule has 2 aromatic rings. The van der Waals surface area contributed by atoms with Crippen molar-refractivity contribution in [2.24, 2.45) is 7.05 Å². The summed E-state index contributed by atoms with van der Waals surface area (Å²) in [5, 5.41) is 7.95. The van der Waals surface area contributed by atoms with Crippen LogP contribution in [0.1, 0.15) is 30.1 Å². The van der Waals surface area contributed by atoms with E-state index in [0.717, 1.165) is 24.6 Å². The zero-order chi connectivity index (χ0) is 13.2. The predicted octanol–water partition coefficient (Wildman–Crippen LogP) is 2.40. The van der Waals surface area contributed by atoms with E-state index in [0.29, 0.717) is 11.1 Å². The summed E-state index contributed by atoms with van der Waals surface area (Å²) in [7, 11) is 1.92. The number of nitrogens with zero attached hydrogens (tertiary/aromatic N) is 4. The molecule has 100 valence electrons. The van der Waals surface area contributed by atoms with Gasteiger partial charge in [0, 0.05) is 31.8 Å². The lowest BCUT2D eigenvalue weighted by Gasteiger charge is -2.06. The molecule has 1 saturated carbocycles. The van der Waals surface area contributed by atoms with E-state index in [1.807, 2.05) is 24.1 Å². The predicted molar refractivity (Wildman–Crippen MR) is 74.4 cm³/mol. The maximum Gasteiger partial charge on any atom is 0.135 e. The molecule has 0 amide bonds. The minimum absolute atomic E-state index is 0.512. The van der Waals surface area contributed by atoms with Gasteiger partial charge < -0.3 is 5.32 Å². The van der Waals surface area contributed by atoms with Gasteiger partial charge in [-0.25, -0.2) is 9.97 Å². The van der Waals surface area contributed by atoms with Crippen LogP contribution < -0.4 is 5.32 Å². The van der Waals surface area contributed by atoms with Gasteiger partial charge in [0.15, 0.2) is 0 Å². The SMILES string of the molecule is Cn1cc(CCNc2cc(Cl)nc(C3CC3)n2)cn1. The van der Waals surface area contributed by atoms with Crippen molar-refractivity contribution >= 4 is 17.4 Å². The Hall–Kier alpha value is -1.62. The summed E-state index contributed by atoms with van der Waals surface area (Å²) in [6, 6.07) is 1.77. The van der Waals surface area contributed by atoms with Crippen LogP contribution in [0.3, 0.4) is 0 Å². The van der Waals surface area contributed by atoms with Crippen molar-refractivity contribution in [2.75, 3.05) is 11.9 Å². The van der Waals surface area contributed by atoms with Crippen molar-refractivity contribution in [1.82, 2.24) is 19.7 Å². The Labute approximate surface area is 117 Å². The number of rotatable bonds is 5. The first-order chi connectivity index (χ1) is 9.20. The second-order valence-corrected chi connectivity index (χ2v) is 5.29. The van der Waals surface area contributed by atoms with Gasteiger partial charge in [-0.2, -0.15) is 5.10 Å². The van der Waals surface area contributed by atoms with Crippen molar-refractivity contribution in [1.29, 1.82) is 0 Å². The molecule has 0 unspecified atom stereocenters. The fourth-order valence-corrected chi connectivity index (χ4v) is 2.18. The van der Waals surface area contributed by atoms with Gasteiger partial charge in [-0.1, -0.05) is 11.6 Å². The molecule has 0 spiro atoms. The molecule has 0 radical (unpaired) electrons. The maximum absolute atomic E-state index is 6.02. The molecule has 1 aliphatic carbocycles. The van der Waals surface area contributed by atoms with Gasteiger partial charge in [0.05, 0.1) is 6.20 Å². The van der Waals surface area contributed by atoms with Crippen LogP contribution >= 0.6 is 11.6 Å². The minimum atomic E-state index is 0.512. The van der Waals surface area contributed by atoms with E-state index in [1.165, 1.54) is 18.4 Å². The fourth-order valence-electron chi connectivity index (χ4n) is 1.99. The second-order valence-electron chi connectivity index (χ2n) is 4.91. The summed E-state index contributed by atoms with van der Waals surface area (Å²) < 4.78 is 1.81. The van der Waals surface area contributed by atoms with Crippen LogP contribution in [0.15, 0.2) is 18.5 Å². The molecule has 2 aromatic heterocycles. The van der Waals surface area contributed by atoms with E-state index in [1.54, 1.807) is 6.07 Å². The van der Waals surface area contributed by atoms with Gasteiger partial charge in [-0.15, -0.1) is 0 Å². The Morgan fingerprint density at radius 1 is 1.42 bits per heavy atom. The van der Waals surface area contributed by atoms with Gasteiger partial charge in [-0.3, -0.25) is 4.68 Å². The molecule has 6 heteroatoms. The van der Waals surface area contributed by atoms with Gasteiger partial charge in [0.2, 0.25) is 0 Å². The molecule has 1 aliphatic rings. The Morgan fingerprint density at radius 2 is 2.26 bits per heavy atom. The molecule has 0 aromatic carbocycles. The first-order valence-electron chi connectivity index (χ1n) is 6.46. The number of hydrogen-bond acceptors (Lipinski definition) is 4. The molecule has 1 fully saturated rings. The van der Waals surface area contributed by atoms with Crippen LogP contribution in [-0.4, -0.2) is 26.3 Å². The van der Waals surface area contributed by atoms with Gasteiger partial charge in [0.25, 0.3) is 0 Å². The summed E-state index contributed by atoms with van der Waals surface area (Å²) in [5.74, 6) is 2.19. The first-order valence-corrected chi connectivity index (χ1v) is 6.84. The van der Waals surface area contributed by atoms with E-state index in [9.17, 15) is 0 Å². The molecule has 0 saturated heterocycles. The molecule has 0 aliphatic heterocycles. The molecule has 1 N–H and O–H groups in total. The van der Waals surface area contributed by atoms with Crippen LogP contribution in [0.5, 0.6) is 0 Å². The van der Waals surface area contributed by atoms with Crippen molar-refractivity contribution in [2.45, 2.75) is 25.2 Å². The third-order valence-electron chi connectivity index (χ3n) is 3.13. The Bertz CT molecular complexity index is 576. The highest BCUT2D eigenvalue weighted by atomic mass is 35.5. The maximum atomic E-state index is 6.02. The lowest BCUT2D eigenvalue weighted by molar-refractivity contribution is 0.766. The molecule has 3 rings (SSSR count). The average molecular weight is 278 g/mol. The lowest BCUT2D eigenvalue weighted by atomic mass is 10.2. The van der Waals surface area contributed by atoms with Crippen molar-refractivity contribution in [3.05, 3.63) is 35.0 Å². The molecule has 5 nitrogen and oxygen atoms in total. The Morgan fingerprint density at radius 3 is 2.95 bits per heavy atom. The lowest BCUT2D eigenvalue weighted by Crippen LogP contribution is -2.07. The quantitative estimate of drug-likeness (QED) is 0.853. The van der Waals surface area contributed by atoms with Crippen molar-refractivity contribution in [3.63, 3.8) is 0 Å². The van der Waals surface area contributed by atoms with Gasteiger partial charge in [0.1, 0.15) is 16.8 Å². The van der Waals surface area contributed by atoms with E-state index >= 15 is 0 Å². The molecule has 2 heterocycles. The van der Waals surface area contributed by atoms with E-state index in [-0.39, 0.29) is 0 Å². The summed E-state index contributed by atoms with van der Waals surface area (Å²) in [6.45, 7) is 0.809. The highest BCUT2D eigenvalue weighted by molar-refractivity contribution is 6.29. The normalized spacial score (nSPS) is 14.6. The minimum Gasteiger partial charge on any atom is -0.370 e. The van der Waals surface area contributed by atoms with E-state index in [4.69, 9.17) is 11.6 Å². The van der Waals surface area contributed by atoms with Crippen LogP contribution in [0, 0.1) is 0 Å². The van der Waals surface area contributed by atoms with Crippen molar-refractivity contribution in [3.8, 4) is 0 Å². The Balaban J connectivity index is 1.60. The Kier molecular flexibility index (Phi) is 3.38. The van der Waals surface area contributed by atoms with E-state index < -0.39 is 0 Å². The molecule has 0 bridgehead atoms. The van der Waals surface area contributed by atoms with Crippen molar-refractivity contribution < 1.29 is 0 Å². The largest absolute Gasteiger partial charge is 0.370 e. The molecular formula is C13H16ClN5. The standard InChI is InChI=1S/C13H16ClN5/c1-19-8-9(7-16-19)4-5-15-12-6-11(14)17-13(18-12)10-2-3-10/h6-8,10H,2-5H2,1H3,(H,15,17,18). The molecule has 0 atom stereocenters. The summed E-state index contributed by atoms with van der Waals surface area (Å²) >= 11 is 6.02. The van der Waals surface area contributed by atoms with Crippen LogP contribution in [-0.2, 0) is 13.5 Å². The second kappa shape index (κ2) is 5.17. The number of anilines is 1. The molecular weight excluding hydrogens is 262 g/mol. The topological polar surface area (TPSA) is 55.6 Å². The van der Waals surface area contributed by atoms with Crippen LogP contribution in [0.2, 0.25) is 5.15 Å². The summed E-state index contributed by atoms with van der Waals surface area (Å²) in [5.41, 5.74) is 1.21. The zero-order valence-corrected chi connectivity index (χ0v) is 11.6. The van der Waals surface area contributed by atoms with Gasteiger partial charge in [-0.05, 0) is 24.8 Å². The third kappa shape index (κ3) is 3.23. The number of halogens is 1.